The quantitative estimate of drug-likeness (QED) is 0.645. The third-order valence-electron chi connectivity index (χ3n) is 1.39. The zero-order chi connectivity index (χ0) is 7.40. The fourth-order valence-electron chi connectivity index (χ4n) is 0.861. The van der Waals surface area contributed by atoms with Crippen LogP contribution >= 0.6 is 0 Å². The molecule has 0 aromatic carbocycles. The van der Waals surface area contributed by atoms with E-state index in [1.54, 1.807) is 12.4 Å². The maximum atomic E-state index is 5.42. The fraction of sp³-hybridized carbons (Fsp3) is 0.429. The minimum atomic E-state index is 0.483. The Hall–Kier alpha value is -0.960. The van der Waals surface area contributed by atoms with E-state index in [4.69, 9.17) is 5.73 Å². The van der Waals surface area contributed by atoms with Crippen molar-refractivity contribution < 1.29 is 0 Å². The Morgan fingerprint density at radius 3 is 2.30 bits per heavy atom. The summed E-state index contributed by atoms with van der Waals surface area (Å²) in [7, 11) is 0. The lowest BCUT2D eigenvalue weighted by atomic mass is 10.2. The van der Waals surface area contributed by atoms with Crippen molar-refractivity contribution in [2.45, 2.75) is 19.9 Å². The van der Waals surface area contributed by atoms with Gasteiger partial charge in [-0.05, 0) is 6.42 Å². The van der Waals surface area contributed by atoms with Gasteiger partial charge in [-0.15, -0.1) is 0 Å². The molecule has 10 heavy (non-hydrogen) atoms. The summed E-state index contributed by atoms with van der Waals surface area (Å²) in [5, 5.41) is 0. The number of aryl methyl sites for hydroxylation is 1. The Balaban J connectivity index is 2.96. The average Bonchev–Trinajstić information content (AvgIpc) is 2.04. The summed E-state index contributed by atoms with van der Waals surface area (Å²) in [6, 6.07) is 0. The molecule has 54 valence electrons. The van der Waals surface area contributed by atoms with Crippen molar-refractivity contribution in [2.24, 2.45) is 5.73 Å². The molecule has 0 spiro atoms. The van der Waals surface area contributed by atoms with Gasteiger partial charge in [-0.1, -0.05) is 6.92 Å². The first-order chi connectivity index (χ1) is 4.88. The molecule has 1 heterocycles. The number of nitrogens with zero attached hydrogens (tertiary/aromatic N) is 2. The van der Waals surface area contributed by atoms with E-state index in [9.17, 15) is 0 Å². The molecule has 1 aromatic heterocycles. The first-order valence-corrected chi connectivity index (χ1v) is 3.37. The predicted octanol–water partition coefficient (Wildman–Crippen LogP) is 0.498. The number of rotatable bonds is 2. The smallest absolute Gasteiger partial charge is 0.0754 e. The summed E-state index contributed by atoms with van der Waals surface area (Å²) >= 11 is 0. The highest BCUT2D eigenvalue weighted by molar-refractivity contribution is 5.09. The van der Waals surface area contributed by atoms with Crippen LogP contribution in [0.4, 0.5) is 0 Å². The van der Waals surface area contributed by atoms with Crippen LogP contribution in [0.3, 0.4) is 0 Å². The molecule has 1 aromatic rings. The van der Waals surface area contributed by atoms with E-state index in [-0.39, 0.29) is 0 Å². The molecule has 0 aliphatic carbocycles. The van der Waals surface area contributed by atoms with Gasteiger partial charge in [-0.3, -0.25) is 9.97 Å². The summed E-state index contributed by atoms with van der Waals surface area (Å²) in [6.45, 7) is 2.53. The normalized spacial score (nSPS) is 9.80. The second kappa shape index (κ2) is 3.27. The van der Waals surface area contributed by atoms with Gasteiger partial charge >= 0.3 is 0 Å². The lowest BCUT2D eigenvalue weighted by Gasteiger charge is -1.99. The standard InChI is InChI=1S/C7H11N3/c1-2-6-7(5-8)10-4-3-9-6/h3-4H,2,5,8H2,1H3. The van der Waals surface area contributed by atoms with Crippen LogP contribution in [0.5, 0.6) is 0 Å². The molecule has 3 nitrogen and oxygen atoms in total. The summed E-state index contributed by atoms with van der Waals surface area (Å²) in [4.78, 5) is 8.21. The zero-order valence-electron chi connectivity index (χ0n) is 6.04. The molecule has 0 saturated carbocycles. The molecule has 3 heteroatoms. The number of aromatic nitrogens is 2. The predicted molar refractivity (Wildman–Crippen MR) is 39.3 cm³/mol. The van der Waals surface area contributed by atoms with Gasteiger partial charge in [-0.25, -0.2) is 0 Å². The van der Waals surface area contributed by atoms with Crippen LogP contribution in [-0.2, 0) is 13.0 Å². The van der Waals surface area contributed by atoms with Crippen molar-refractivity contribution in [2.75, 3.05) is 0 Å². The molecular formula is C7H11N3. The molecular weight excluding hydrogens is 126 g/mol. The highest BCUT2D eigenvalue weighted by atomic mass is 14.8. The number of hydrogen-bond donors (Lipinski definition) is 1. The van der Waals surface area contributed by atoms with Crippen LogP contribution in [-0.4, -0.2) is 9.97 Å². The van der Waals surface area contributed by atoms with Gasteiger partial charge in [0, 0.05) is 18.9 Å². The van der Waals surface area contributed by atoms with Gasteiger partial charge in [0.1, 0.15) is 0 Å². The average molecular weight is 137 g/mol. The first kappa shape index (κ1) is 7.15. The van der Waals surface area contributed by atoms with Crippen molar-refractivity contribution >= 4 is 0 Å². The van der Waals surface area contributed by atoms with Crippen molar-refractivity contribution in [1.82, 2.24) is 9.97 Å². The van der Waals surface area contributed by atoms with E-state index < -0.39 is 0 Å². The Bertz CT molecular complexity index is 187. The molecule has 0 fully saturated rings. The van der Waals surface area contributed by atoms with Gasteiger partial charge < -0.3 is 5.73 Å². The van der Waals surface area contributed by atoms with Gasteiger partial charge in [0.2, 0.25) is 0 Å². The van der Waals surface area contributed by atoms with E-state index >= 15 is 0 Å². The van der Waals surface area contributed by atoms with Crippen LogP contribution in [0.1, 0.15) is 18.3 Å². The molecule has 0 saturated heterocycles. The molecule has 0 aliphatic heterocycles. The Kier molecular flexibility index (Phi) is 2.34. The Labute approximate surface area is 60.3 Å². The maximum Gasteiger partial charge on any atom is 0.0754 e. The third kappa shape index (κ3) is 1.30. The van der Waals surface area contributed by atoms with Crippen molar-refractivity contribution in [3.63, 3.8) is 0 Å². The summed E-state index contributed by atoms with van der Waals surface area (Å²) < 4.78 is 0. The summed E-state index contributed by atoms with van der Waals surface area (Å²) in [5.74, 6) is 0. The second-order valence-electron chi connectivity index (χ2n) is 2.01. The molecule has 1 rings (SSSR count). The van der Waals surface area contributed by atoms with Gasteiger partial charge in [0.25, 0.3) is 0 Å². The van der Waals surface area contributed by atoms with Gasteiger partial charge in [0.05, 0.1) is 11.4 Å². The van der Waals surface area contributed by atoms with Crippen LogP contribution in [0.25, 0.3) is 0 Å². The minimum absolute atomic E-state index is 0.483. The second-order valence-corrected chi connectivity index (χ2v) is 2.01. The van der Waals surface area contributed by atoms with Gasteiger partial charge in [-0.2, -0.15) is 0 Å². The first-order valence-electron chi connectivity index (χ1n) is 3.37. The molecule has 2 N–H and O–H groups in total. The SMILES string of the molecule is CCc1nccnc1CN. The Morgan fingerprint density at radius 1 is 1.30 bits per heavy atom. The highest BCUT2D eigenvalue weighted by Gasteiger charge is 1.97. The monoisotopic (exact) mass is 137 g/mol. The van der Waals surface area contributed by atoms with Crippen LogP contribution in [0.15, 0.2) is 12.4 Å². The number of nitrogens with two attached hydrogens (primary N) is 1. The molecule has 0 aliphatic rings. The molecule has 0 amide bonds. The third-order valence-corrected chi connectivity index (χ3v) is 1.39. The van der Waals surface area contributed by atoms with E-state index in [1.165, 1.54) is 0 Å². The molecule has 0 radical (unpaired) electrons. The van der Waals surface area contributed by atoms with Crippen molar-refractivity contribution in [3.8, 4) is 0 Å². The minimum Gasteiger partial charge on any atom is -0.325 e. The maximum absolute atomic E-state index is 5.42. The van der Waals surface area contributed by atoms with Gasteiger partial charge in [0.15, 0.2) is 0 Å². The van der Waals surface area contributed by atoms with E-state index in [1.807, 2.05) is 6.92 Å². The van der Waals surface area contributed by atoms with Crippen molar-refractivity contribution in [3.05, 3.63) is 23.8 Å². The molecule has 0 bridgehead atoms. The molecule has 0 atom stereocenters. The molecule has 0 unspecified atom stereocenters. The van der Waals surface area contributed by atoms with E-state index in [2.05, 4.69) is 9.97 Å². The van der Waals surface area contributed by atoms with E-state index in [0.717, 1.165) is 17.8 Å². The highest BCUT2D eigenvalue weighted by Crippen LogP contribution is 1.99. The lowest BCUT2D eigenvalue weighted by molar-refractivity contribution is 0.885. The lowest BCUT2D eigenvalue weighted by Crippen LogP contribution is -2.05. The van der Waals surface area contributed by atoms with Crippen LogP contribution in [0, 0.1) is 0 Å². The van der Waals surface area contributed by atoms with Crippen LogP contribution < -0.4 is 5.73 Å². The number of hydrogen-bond acceptors (Lipinski definition) is 3. The summed E-state index contributed by atoms with van der Waals surface area (Å²) in [5.41, 5.74) is 7.34. The summed E-state index contributed by atoms with van der Waals surface area (Å²) in [6.07, 6.45) is 4.26. The van der Waals surface area contributed by atoms with Crippen LogP contribution in [0.2, 0.25) is 0 Å². The largest absolute Gasteiger partial charge is 0.325 e. The Morgan fingerprint density at radius 2 is 1.90 bits per heavy atom. The zero-order valence-corrected chi connectivity index (χ0v) is 6.04. The fourth-order valence-corrected chi connectivity index (χ4v) is 0.861. The van der Waals surface area contributed by atoms with Crippen molar-refractivity contribution in [1.29, 1.82) is 0 Å². The van der Waals surface area contributed by atoms with E-state index in [0.29, 0.717) is 6.54 Å². The topological polar surface area (TPSA) is 51.8 Å².